The Kier molecular flexibility index (Phi) is 6.80. The van der Waals surface area contributed by atoms with E-state index in [0.717, 1.165) is 36.4 Å². The Balaban J connectivity index is 1.31. The highest BCUT2D eigenvalue weighted by Gasteiger charge is 2.29. The van der Waals surface area contributed by atoms with Crippen molar-refractivity contribution in [2.45, 2.75) is 19.4 Å². The number of carbonyl (C=O) groups is 2. The van der Waals surface area contributed by atoms with Crippen LogP contribution in [0.25, 0.3) is 0 Å². The van der Waals surface area contributed by atoms with E-state index in [1.165, 1.54) is 5.56 Å². The van der Waals surface area contributed by atoms with Gasteiger partial charge in [-0.05, 0) is 47.9 Å². The summed E-state index contributed by atoms with van der Waals surface area (Å²) in [5, 5.41) is 0. The number of methoxy groups -OCH3 is 2. The second-order valence-corrected chi connectivity index (χ2v) is 9.09. The molecular formula is C29H31N3O4. The smallest absolute Gasteiger partial charge is 0.254 e. The Hall–Kier alpha value is -4.00. The van der Waals surface area contributed by atoms with Gasteiger partial charge in [0.2, 0.25) is 5.91 Å². The summed E-state index contributed by atoms with van der Waals surface area (Å²) >= 11 is 0. The third kappa shape index (κ3) is 4.61. The van der Waals surface area contributed by atoms with E-state index in [1.807, 2.05) is 34.1 Å². The molecule has 0 aliphatic carbocycles. The molecule has 0 spiro atoms. The average Bonchev–Trinajstić information content (AvgIpc) is 2.94. The van der Waals surface area contributed by atoms with Crippen LogP contribution in [0, 0.1) is 0 Å². The van der Waals surface area contributed by atoms with E-state index in [1.54, 1.807) is 32.4 Å². The van der Waals surface area contributed by atoms with Crippen molar-refractivity contribution in [1.29, 1.82) is 0 Å². The molecule has 0 saturated carbocycles. The Morgan fingerprint density at radius 3 is 2.25 bits per heavy atom. The van der Waals surface area contributed by atoms with Gasteiger partial charge in [-0.15, -0.1) is 0 Å². The molecule has 0 atom stereocenters. The Morgan fingerprint density at radius 1 is 0.806 bits per heavy atom. The van der Waals surface area contributed by atoms with Crippen LogP contribution in [0.15, 0.2) is 66.7 Å². The molecule has 2 amide bonds. The molecule has 3 aromatic rings. The van der Waals surface area contributed by atoms with Crippen LogP contribution in [0.4, 0.5) is 11.4 Å². The first-order chi connectivity index (χ1) is 17.6. The minimum Gasteiger partial charge on any atom is -0.493 e. The van der Waals surface area contributed by atoms with Crippen molar-refractivity contribution in [3.05, 3.63) is 83.4 Å². The average molecular weight is 486 g/mol. The largest absolute Gasteiger partial charge is 0.493 e. The number of anilines is 2. The predicted molar refractivity (Wildman–Crippen MR) is 140 cm³/mol. The van der Waals surface area contributed by atoms with Gasteiger partial charge in [-0.2, -0.15) is 0 Å². The molecule has 7 nitrogen and oxygen atoms in total. The van der Waals surface area contributed by atoms with Gasteiger partial charge >= 0.3 is 0 Å². The molecule has 3 aromatic carbocycles. The van der Waals surface area contributed by atoms with Gasteiger partial charge in [0.05, 0.1) is 20.8 Å². The second-order valence-electron chi connectivity index (χ2n) is 9.09. The van der Waals surface area contributed by atoms with Gasteiger partial charge in [0.1, 0.15) is 0 Å². The predicted octanol–water partition coefficient (Wildman–Crippen LogP) is 4.15. The molecule has 0 bridgehead atoms. The van der Waals surface area contributed by atoms with Crippen molar-refractivity contribution in [1.82, 2.24) is 4.90 Å². The van der Waals surface area contributed by atoms with Gasteiger partial charge < -0.3 is 24.2 Å². The minimum atomic E-state index is -0.00896. The third-order valence-electron chi connectivity index (χ3n) is 7.03. The standard InChI is InChI=1S/C29H31N3O4/c1-35-26-13-11-22(19-27(26)36-2)29(34)31-17-15-30(16-18-31)24-9-6-10-25-23(24)12-14-28(33)32(25)20-21-7-4-3-5-8-21/h3-11,13,19H,12,14-18,20H2,1-2H3. The summed E-state index contributed by atoms with van der Waals surface area (Å²) in [6.45, 7) is 3.31. The Labute approximate surface area is 211 Å². The maximum absolute atomic E-state index is 13.2. The lowest BCUT2D eigenvalue weighted by atomic mass is 9.97. The van der Waals surface area contributed by atoms with Gasteiger partial charge in [0.15, 0.2) is 11.5 Å². The lowest BCUT2D eigenvalue weighted by molar-refractivity contribution is -0.119. The SMILES string of the molecule is COc1ccc(C(=O)N2CCN(c3cccc4c3CCC(=O)N4Cc3ccccc3)CC2)cc1OC. The quantitative estimate of drug-likeness (QED) is 0.525. The monoisotopic (exact) mass is 485 g/mol. The zero-order valence-corrected chi connectivity index (χ0v) is 20.8. The number of hydrogen-bond acceptors (Lipinski definition) is 5. The van der Waals surface area contributed by atoms with Crippen LogP contribution in [0.1, 0.15) is 27.9 Å². The fraction of sp³-hybridized carbons (Fsp3) is 0.310. The summed E-state index contributed by atoms with van der Waals surface area (Å²) in [5.74, 6) is 1.30. The third-order valence-corrected chi connectivity index (χ3v) is 7.03. The van der Waals surface area contributed by atoms with Crippen molar-refractivity contribution in [2.75, 3.05) is 50.2 Å². The fourth-order valence-electron chi connectivity index (χ4n) is 5.11. The van der Waals surface area contributed by atoms with Crippen LogP contribution >= 0.6 is 0 Å². The lowest BCUT2D eigenvalue weighted by Crippen LogP contribution is -2.49. The molecule has 0 unspecified atom stereocenters. The first-order valence-electron chi connectivity index (χ1n) is 12.3. The van der Waals surface area contributed by atoms with Gasteiger partial charge in [-0.25, -0.2) is 0 Å². The highest BCUT2D eigenvalue weighted by Crippen LogP contribution is 2.36. The zero-order chi connectivity index (χ0) is 25.1. The number of hydrogen-bond donors (Lipinski definition) is 0. The van der Waals surface area contributed by atoms with E-state index in [9.17, 15) is 9.59 Å². The summed E-state index contributed by atoms with van der Waals surface area (Å²) in [6.07, 6.45) is 1.25. The molecule has 186 valence electrons. The van der Waals surface area contributed by atoms with E-state index in [2.05, 4.69) is 29.2 Å². The van der Waals surface area contributed by atoms with E-state index >= 15 is 0 Å². The van der Waals surface area contributed by atoms with Gasteiger partial charge in [0, 0.05) is 49.5 Å². The molecule has 2 heterocycles. The van der Waals surface area contributed by atoms with Crippen LogP contribution in [0.3, 0.4) is 0 Å². The highest BCUT2D eigenvalue weighted by molar-refractivity contribution is 5.98. The molecule has 1 saturated heterocycles. The van der Waals surface area contributed by atoms with Gasteiger partial charge in [-0.1, -0.05) is 36.4 Å². The molecule has 36 heavy (non-hydrogen) atoms. The molecule has 0 N–H and O–H groups in total. The number of amides is 2. The maximum atomic E-state index is 13.2. The van der Waals surface area contributed by atoms with E-state index in [4.69, 9.17) is 9.47 Å². The molecule has 0 radical (unpaired) electrons. The van der Waals surface area contributed by atoms with Gasteiger partial charge in [0.25, 0.3) is 5.91 Å². The number of benzene rings is 3. The lowest BCUT2D eigenvalue weighted by Gasteiger charge is -2.39. The number of piperazine rings is 1. The number of rotatable bonds is 6. The minimum absolute atomic E-state index is 0.00896. The number of nitrogens with zero attached hydrogens (tertiary/aromatic N) is 3. The van der Waals surface area contributed by atoms with Crippen molar-refractivity contribution >= 4 is 23.2 Å². The molecule has 0 aromatic heterocycles. The van der Waals surface area contributed by atoms with Crippen molar-refractivity contribution in [3.63, 3.8) is 0 Å². The first-order valence-corrected chi connectivity index (χ1v) is 12.3. The van der Waals surface area contributed by atoms with Crippen LogP contribution in [-0.4, -0.2) is 57.1 Å². The number of ether oxygens (including phenoxy) is 2. The molecule has 1 fully saturated rings. The van der Waals surface area contributed by atoms with Crippen molar-refractivity contribution < 1.29 is 19.1 Å². The second kappa shape index (κ2) is 10.3. The van der Waals surface area contributed by atoms with E-state index in [0.29, 0.717) is 43.1 Å². The van der Waals surface area contributed by atoms with Crippen LogP contribution in [-0.2, 0) is 17.8 Å². The van der Waals surface area contributed by atoms with Crippen molar-refractivity contribution in [2.24, 2.45) is 0 Å². The van der Waals surface area contributed by atoms with E-state index in [-0.39, 0.29) is 11.8 Å². The number of fused-ring (bicyclic) bond motifs is 1. The topological polar surface area (TPSA) is 62.3 Å². The summed E-state index contributed by atoms with van der Waals surface area (Å²) in [5.41, 5.74) is 5.08. The normalized spacial score (nSPS) is 15.5. The molecule has 7 heteroatoms. The molecule has 2 aliphatic heterocycles. The van der Waals surface area contributed by atoms with Crippen LogP contribution in [0.5, 0.6) is 11.5 Å². The summed E-state index contributed by atoms with van der Waals surface area (Å²) in [6, 6.07) is 21.6. The summed E-state index contributed by atoms with van der Waals surface area (Å²) < 4.78 is 10.7. The summed E-state index contributed by atoms with van der Waals surface area (Å²) in [4.78, 5) is 32.1. The maximum Gasteiger partial charge on any atom is 0.254 e. The number of carbonyl (C=O) groups excluding carboxylic acids is 2. The Morgan fingerprint density at radius 2 is 1.53 bits per heavy atom. The first kappa shape index (κ1) is 23.7. The van der Waals surface area contributed by atoms with Crippen molar-refractivity contribution in [3.8, 4) is 11.5 Å². The fourth-order valence-corrected chi connectivity index (χ4v) is 5.11. The van der Waals surface area contributed by atoms with E-state index < -0.39 is 0 Å². The highest BCUT2D eigenvalue weighted by atomic mass is 16.5. The summed E-state index contributed by atoms with van der Waals surface area (Å²) in [7, 11) is 3.15. The molecular weight excluding hydrogens is 454 g/mol. The Bertz CT molecular complexity index is 1250. The van der Waals surface area contributed by atoms with Crippen LogP contribution < -0.4 is 19.3 Å². The zero-order valence-electron chi connectivity index (χ0n) is 20.8. The molecule has 2 aliphatic rings. The van der Waals surface area contributed by atoms with Gasteiger partial charge in [-0.3, -0.25) is 9.59 Å². The molecule has 5 rings (SSSR count). The van der Waals surface area contributed by atoms with Crippen LogP contribution in [0.2, 0.25) is 0 Å².